The van der Waals surface area contributed by atoms with Crippen LogP contribution in [0.25, 0.3) is 5.69 Å². The Morgan fingerprint density at radius 1 is 1.13 bits per heavy atom. The van der Waals surface area contributed by atoms with Gasteiger partial charge in [-0.25, -0.2) is 8.42 Å². The van der Waals surface area contributed by atoms with E-state index in [0.717, 1.165) is 17.2 Å². The standard InChI is InChI=1S/C27H33N5O6S/c1-17(2)16-28-26(33)25-20(5)27(31(29-25)22-14-18(3)8-9-19(22)4)38-23-11-10-21(32(34)35)15-24(23)39(36,37)30-12-6-7-13-30/h8-11,14-15,17H,6-7,12-13,16H2,1-5H3,(H,28,33). The molecule has 1 aliphatic rings. The number of carbonyl (C=O) groups excluding carboxylic acids is 1. The average Bonchev–Trinajstić information content (AvgIpc) is 3.54. The van der Waals surface area contributed by atoms with E-state index in [2.05, 4.69) is 10.4 Å². The number of carbonyl (C=O) groups is 1. The lowest BCUT2D eigenvalue weighted by Crippen LogP contribution is -2.28. The molecule has 2 heterocycles. The summed E-state index contributed by atoms with van der Waals surface area (Å²) in [7, 11) is -4.08. The van der Waals surface area contributed by atoms with Crippen LogP contribution < -0.4 is 10.1 Å². The number of amides is 1. The third kappa shape index (κ3) is 5.81. The SMILES string of the molecule is Cc1ccc(C)c(-n2nc(C(=O)NCC(C)C)c(C)c2Oc2ccc([N+](=O)[O-])cc2S(=O)(=O)N2CCCC2)c1. The van der Waals surface area contributed by atoms with E-state index in [0.29, 0.717) is 43.7 Å². The van der Waals surface area contributed by atoms with Gasteiger partial charge in [-0.3, -0.25) is 14.9 Å². The summed E-state index contributed by atoms with van der Waals surface area (Å²) in [6, 6.07) is 9.25. The largest absolute Gasteiger partial charge is 0.437 e. The van der Waals surface area contributed by atoms with Gasteiger partial charge in [0.05, 0.1) is 10.6 Å². The van der Waals surface area contributed by atoms with Crippen LogP contribution >= 0.6 is 0 Å². The van der Waals surface area contributed by atoms with E-state index < -0.39 is 14.9 Å². The van der Waals surface area contributed by atoms with Crippen LogP contribution in [0.4, 0.5) is 5.69 Å². The molecule has 0 unspecified atom stereocenters. The van der Waals surface area contributed by atoms with Gasteiger partial charge >= 0.3 is 0 Å². The van der Waals surface area contributed by atoms with Gasteiger partial charge in [0.25, 0.3) is 11.6 Å². The highest BCUT2D eigenvalue weighted by Gasteiger charge is 2.33. The monoisotopic (exact) mass is 555 g/mol. The van der Waals surface area contributed by atoms with E-state index in [4.69, 9.17) is 4.74 Å². The molecule has 11 nitrogen and oxygen atoms in total. The second kappa shape index (κ2) is 11.1. The fraction of sp³-hybridized carbons (Fsp3) is 0.407. The van der Waals surface area contributed by atoms with Crippen LogP contribution in [0.1, 0.15) is 53.9 Å². The number of nitrogens with one attached hydrogen (secondary N) is 1. The van der Waals surface area contributed by atoms with E-state index in [1.54, 1.807) is 6.92 Å². The van der Waals surface area contributed by atoms with E-state index in [9.17, 15) is 23.3 Å². The summed E-state index contributed by atoms with van der Waals surface area (Å²) in [5, 5.41) is 19.0. The summed E-state index contributed by atoms with van der Waals surface area (Å²) >= 11 is 0. The lowest BCUT2D eigenvalue weighted by molar-refractivity contribution is -0.385. The fourth-order valence-electron chi connectivity index (χ4n) is 4.38. The number of hydrogen-bond donors (Lipinski definition) is 1. The summed E-state index contributed by atoms with van der Waals surface area (Å²) in [6.07, 6.45) is 1.41. The van der Waals surface area contributed by atoms with Crippen LogP contribution in [-0.2, 0) is 10.0 Å². The number of nitro groups is 1. The number of sulfonamides is 1. The highest BCUT2D eigenvalue weighted by molar-refractivity contribution is 7.89. The quantitative estimate of drug-likeness (QED) is 0.299. The minimum Gasteiger partial charge on any atom is -0.437 e. The first-order chi connectivity index (χ1) is 18.4. The van der Waals surface area contributed by atoms with Crippen LogP contribution in [-0.4, -0.2) is 53.0 Å². The second-order valence-corrected chi connectivity index (χ2v) is 12.1. The van der Waals surface area contributed by atoms with E-state index in [1.165, 1.54) is 21.1 Å². The summed E-state index contributed by atoms with van der Waals surface area (Å²) in [5.74, 6) is -0.102. The maximum atomic E-state index is 13.6. The number of non-ortho nitro benzene ring substituents is 1. The van der Waals surface area contributed by atoms with Gasteiger partial charge in [-0.1, -0.05) is 26.0 Å². The zero-order chi connectivity index (χ0) is 28.5. The third-order valence-corrected chi connectivity index (χ3v) is 8.49. The average molecular weight is 556 g/mol. The van der Waals surface area contributed by atoms with Crippen molar-refractivity contribution in [2.24, 2.45) is 5.92 Å². The molecule has 1 amide bonds. The van der Waals surface area contributed by atoms with Crippen LogP contribution in [0.5, 0.6) is 11.6 Å². The minimum atomic E-state index is -4.08. The molecule has 1 N–H and O–H groups in total. The Kier molecular flexibility index (Phi) is 8.07. The molecule has 0 bridgehead atoms. The molecule has 2 aromatic carbocycles. The minimum absolute atomic E-state index is 0.0869. The topological polar surface area (TPSA) is 137 Å². The normalized spacial score (nSPS) is 14.1. The van der Waals surface area contributed by atoms with Crippen molar-refractivity contribution in [3.05, 3.63) is 68.9 Å². The van der Waals surface area contributed by atoms with Crippen LogP contribution in [0.3, 0.4) is 0 Å². The van der Waals surface area contributed by atoms with Crippen molar-refractivity contribution in [3.63, 3.8) is 0 Å². The van der Waals surface area contributed by atoms with Crippen molar-refractivity contribution in [1.82, 2.24) is 19.4 Å². The Morgan fingerprint density at radius 2 is 1.82 bits per heavy atom. The molecule has 0 atom stereocenters. The Balaban J connectivity index is 1.89. The van der Waals surface area contributed by atoms with Crippen molar-refractivity contribution < 1.29 is 22.9 Å². The molecule has 0 saturated carbocycles. The molecule has 39 heavy (non-hydrogen) atoms. The molecule has 4 rings (SSSR count). The Bertz CT molecular complexity index is 1520. The van der Waals surface area contributed by atoms with Gasteiger partial charge in [-0.15, -0.1) is 0 Å². The predicted molar refractivity (Wildman–Crippen MR) is 146 cm³/mol. The van der Waals surface area contributed by atoms with E-state index in [1.807, 2.05) is 45.9 Å². The Hall–Kier alpha value is -3.77. The van der Waals surface area contributed by atoms with Crippen molar-refractivity contribution in [1.29, 1.82) is 0 Å². The predicted octanol–water partition coefficient (Wildman–Crippen LogP) is 4.67. The molecule has 1 fully saturated rings. The number of ether oxygens (including phenoxy) is 1. The van der Waals surface area contributed by atoms with Gasteiger partial charge < -0.3 is 10.1 Å². The number of nitrogens with zero attached hydrogens (tertiary/aromatic N) is 4. The number of benzene rings is 2. The van der Waals surface area contributed by atoms with Crippen molar-refractivity contribution in [3.8, 4) is 17.3 Å². The van der Waals surface area contributed by atoms with Crippen molar-refractivity contribution >= 4 is 21.6 Å². The molecule has 0 spiro atoms. The van der Waals surface area contributed by atoms with Crippen molar-refractivity contribution in [2.75, 3.05) is 19.6 Å². The first-order valence-electron chi connectivity index (χ1n) is 12.8. The lowest BCUT2D eigenvalue weighted by atomic mass is 10.1. The summed E-state index contributed by atoms with van der Waals surface area (Å²) in [5.41, 5.74) is 2.64. The first-order valence-corrected chi connectivity index (χ1v) is 14.3. The van der Waals surface area contributed by atoms with Gasteiger partial charge in [0.15, 0.2) is 5.69 Å². The first kappa shape index (κ1) is 28.2. The molecule has 0 aliphatic carbocycles. The summed E-state index contributed by atoms with van der Waals surface area (Å²) in [4.78, 5) is 23.6. The molecular formula is C27H33N5O6S. The van der Waals surface area contributed by atoms with Crippen LogP contribution in [0.2, 0.25) is 0 Å². The maximum absolute atomic E-state index is 13.6. The number of aromatic nitrogens is 2. The number of nitro benzene ring substituents is 1. The smallest absolute Gasteiger partial charge is 0.272 e. The van der Waals surface area contributed by atoms with Gasteiger partial charge in [-0.2, -0.15) is 14.1 Å². The molecule has 208 valence electrons. The molecule has 3 aromatic rings. The van der Waals surface area contributed by atoms with E-state index in [-0.39, 0.29) is 39.7 Å². The Morgan fingerprint density at radius 3 is 2.46 bits per heavy atom. The van der Waals surface area contributed by atoms with Gasteiger partial charge in [0, 0.05) is 37.3 Å². The molecule has 1 saturated heterocycles. The van der Waals surface area contributed by atoms with Crippen LogP contribution in [0, 0.1) is 36.8 Å². The highest BCUT2D eigenvalue weighted by Crippen LogP contribution is 2.38. The third-order valence-electron chi connectivity index (χ3n) is 6.57. The molecule has 0 radical (unpaired) electrons. The molecular weight excluding hydrogens is 522 g/mol. The number of rotatable bonds is 9. The van der Waals surface area contributed by atoms with Gasteiger partial charge in [-0.05, 0) is 62.8 Å². The summed E-state index contributed by atoms with van der Waals surface area (Å²) < 4.78 is 36.2. The van der Waals surface area contributed by atoms with E-state index >= 15 is 0 Å². The number of hydrogen-bond acceptors (Lipinski definition) is 7. The van der Waals surface area contributed by atoms with Crippen molar-refractivity contribution in [2.45, 2.75) is 52.4 Å². The second-order valence-electron chi connectivity index (χ2n) is 10.2. The molecule has 1 aromatic heterocycles. The zero-order valence-corrected chi connectivity index (χ0v) is 23.5. The lowest BCUT2D eigenvalue weighted by Gasteiger charge is -2.19. The highest BCUT2D eigenvalue weighted by atomic mass is 32.2. The number of aryl methyl sites for hydroxylation is 2. The summed E-state index contributed by atoms with van der Waals surface area (Å²) in [6.45, 7) is 10.5. The van der Waals surface area contributed by atoms with Crippen LogP contribution in [0.15, 0.2) is 41.3 Å². The molecule has 1 aliphatic heterocycles. The maximum Gasteiger partial charge on any atom is 0.272 e. The zero-order valence-electron chi connectivity index (χ0n) is 22.7. The van der Waals surface area contributed by atoms with Gasteiger partial charge in [0.1, 0.15) is 10.6 Å². The Labute approximate surface area is 228 Å². The van der Waals surface area contributed by atoms with Gasteiger partial charge in [0.2, 0.25) is 15.9 Å². The molecule has 12 heteroatoms. The fourth-order valence-corrected chi connectivity index (χ4v) is 6.03.